The number of hydrogen-bond donors (Lipinski definition) is 2. The molecule has 0 spiro atoms. The van der Waals surface area contributed by atoms with Crippen LogP contribution in [0.25, 0.3) is 0 Å². The Labute approximate surface area is 107 Å². The van der Waals surface area contributed by atoms with E-state index in [4.69, 9.17) is 9.15 Å². The molecule has 4 nitrogen and oxygen atoms in total. The van der Waals surface area contributed by atoms with Crippen molar-refractivity contribution in [3.8, 4) is 0 Å². The molecular formula is C11H15F4NO3. The number of rotatable bonds is 9. The lowest BCUT2D eigenvalue weighted by molar-refractivity contribution is -0.126. The second kappa shape index (κ2) is 7.46. The van der Waals surface area contributed by atoms with E-state index in [1.807, 2.05) is 0 Å². The van der Waals surface area contributed by atoms with E-state index in [1.54, 1.807) is 12.1 Å². The molecule has 0 saturated carbocycles. The quantitative estimate of drug-likeness (QED) is 0.677. The third-order valence-corrected chi connectivity index (χ3v) is 2.19. The van der Waals surface area contributed by atoms with Gasteiger partial charge in [-0.15, -0.1) is 0 Å². The Hall–Kier alpha value is -1.12. The zero-order valence-corrected chi connectivity index (χ0v) is 9.99. The Balaban J connectivity index is 2.09. The molecule has 0 fully saturated rings. The highest BCUT2D eigenvalue weighted by atomic mass is 19.3. The van der Waals surface area contributed by atoms with Gasteiger partial charge in [0.2, 0.25) is 0 Å². The molecule has 1 heterocycles. The Morgan fingerprint density at radius 3 is 2.74 bits per heavy atom. The van der Waals surface area contributed by atoms with E-state index in [9.17, 15) is 22.7 Å². The summed E-state index contributed by atoms with van der Waals surface area (Å²) in [6.45, 7) is -1.44. The largest absolute Gasteiger partial charge is 0.467 e. The predicted molar refractivity (Wildman–Crippen MR) is 58.2 cm³/mol. The van der Waals surface area contributed by atoms with Crippen molar-refractivity contribution in [3.05, 3.63) is 24.2 Å². The second-order valence-electron chi connectivity index (χ2n) is 3.94. The highest BCUT2D eigenvalue weighted by molar-refractivity contribution is 4.96. The van der Waals surface area contributed by atoms with Gasteiger partial charge in [0.1, 0.15) is 12.4 Å². The molecule has 8 heteroatoms. The molecule has 0 saturated heterocycles. The average molecular weight is 285 g/mol. The van der Waals surface area contributed by atoms with E-state index in [0.717, 1.165) is 0 Å². The maximum Gasteiger partial charge on any atom is 0.319 e. The lowest BCUT2D eigenvalue weighted by atomic mass is 10.3. The monoisotopic (exact) mass is 285 g/mol. The summed E-state index contributed by atoms with van der Waals surface area (Å²) >= 11 is 0. The molecule has 1 rings (SSSR count). The van der Waals surface area contributed by atoms with Crippen LogP contribution >= 0.6 is 0 Å². The smallest absolute Gasteiger partial charge is 0.319 e. The third-order valence-electron chi connectivity index (χ3n) is 2.19. The Bertz CT molecular complexity index is 346. The molecule has 110 valence electrons. The molecule has 0 aliphatic heterocycles. The van der Waals surface area contributed by atoms with Gasteiger partial charge in [0.15, 0.2) is 0 Å². The van der Waals surface area contributed by atoms with Gasteiger partial charge in [-0.3, -0.25) is 0 Å². The van der Waals surface area contributed by atoms with Crippen molar-refractivity contribution in [1.82, 2.24) is 5.32 Å². The molecule has 0 aromatic carbocycles. The number of nitrogens with one attached hydrogen (secondary N) is 1. The van der Waals surface area contributed by atoms with Crippen LogP contribution in [0.5, 0.6) is 0 Å². The average Bonchev–Trinajstić information content (AvgIpc) is 2.81. The Morgan fingerprint density at radius 1 is 1.42 bits per heavy atom. The van der Waals surface area contributed by atoms with Gasteiger partial charge in [-0.1, -0.05) is 0 Å². The number of hydrogen-bond acceptors (Lipinski definition) is 4. The van der Waals surface area contributed by atoms with E-state index in [2.05, 4.69) is 5.32 Å². The third kappa shape index (κ3) is 6.04. The fraction of sp³-hybridized carbons (Fsp3) is 0.636. The maximum absolute atomic E-state index is 12.5. The first-order valence-electron chi connectivity index (χ1n) is 5.56. The summed E-state index contributed by atoms with van der Waals surface area (Å²) in [5.74, 6) is -3.54. The van der Waals surface area contributed by atoms with Crippen molar-refractivity contribution < 1.29 is 31.8 Å². The lowest BCUT2D eigenvalue weighted by Gasteiger charge is -2.17. The first kappa shape index (κ1) is 15.9. The van der Waals surface area contributed by atoms with Gasteiger partial charge in [-0.2, -0.15) is 8.78 Å². The van der Waals surface area contributed by atoms with Crippen LogP contribution in [0.2, 0.25) is 0 Å². The van der Waals surface area contributed by atoms with Gasteiger partial charge in [0.25, 0.3) is 0 Å². The number of halogens is 4. The van der Waals surface area contributed by atoms with Crippen molar-refractivity contribution >= 4 is 0 Å². The van der Waals surface area contributed by atoms with E-state index < -0.39 is 25.0 Å². The SMILES string of the molecule is OC(CNCC(F)(F)C(F)F)COCc1ccco1. The molecule has 0 amide bonds. The first-order chi connectivity index (χ1) is 8.92. The molecular weight excluding hydrogens is 270 g/mol. The first-order valence-corrected chi connectivity index (χ1v) is 5.56. The topological polar surface area (TPSA) is 54.6 Å². The summed E-state index contributed by atoms with van der Waals surface area (Å²) < 4.78 is 58.6. The van der Waals surface area contributed by atoms with Gasteiger partial charge in [0.05, 0.1) is 25.5 Å². The lowest BCUT2D eigenvalue weighted by Crippen LogP contribution is -2.42. The molecule has 1 aromatic heterocycles. The van der Waals surface area contributed by atoms with Crippen LogP contribution in [-0.2, 0) is 11.3 Å². The van der Waals surface area contributed by atoms with Crippen LogP contribution in [0.1, 0.15) is 5.76 Å². The molecule has 1 unspecified atom stereocenters. The number of aliphatic hydroxyl groups is 1. The minimum Gasteiger partial charge on any atom is -0.467 e. The van der Waals surface area contributed by atoms with Gasteiger partial charge < -0.3 is 19.6 Å². The molecule has 0 aliphatic rings. The zero-order valence-electron chi connectivity index (χ0n) is 9.99. The van der Waals surface area contributed by atoms with Crippen molar-refractivity contribution in [2.24, 2.45) is 0 Å². The predicted octanol–water partition coefficient (Wildman–Crippen LogP) is 1.65. The summed E-state index contributed by atoms with van der Waals surface area (Å²) in [6.07, 6.45) is -3.33. The fourth-order valence-corrected chi connectivity index (χ4v) is 1.23. The molecule has 19 heavy (non-hydrogen) atoms. The van der Waals surface area contributed by atoms with Gasteiger partial charge in [0, 0.05) is 6.54 Å². The number of furan rings is 1. The molecule has 0 radical (unpaired) electrons. The summed E-state index contributed by atoms with van der Waals surface area (Å²) in [7, 11) is 0. The maximum atomic E-state index is 12.5. The number of alkyl halides is 4. The van der Waals surface area contributed by atoms with Crippen LogP contribution in [-0.4, -0.2) is 43.3 Å². The number of ether oxygens (including phenoxy) is 1. The van der Waals surface area contributed by atoms with Crippen LogP contribution in [0, 0.1) is 0 Å². The summed E-state index contributed by atoms with van der Waals surface area (Å²) in [5.41, 5.74) is 0. The molecule has 1 aromatic rings. The molecule has 0 bridgehead atoms. The van der Waals surface area contributed by atoms with Crippen LogP contribution in [0.3, 0.4) is 0 Å². The van der Waals surface area contributed by atoms with Crippen molar-refractivity contribution in [2.45, 2.75) is 25.1 Å². The Morgan fingerprint density at radius 2 is 2.16 bits per heavy atom. The standard InChI is InChI=1S/C11H15F4NO3/c12-10(13)11(14,15)7-16-4-8(17)5-18-6-9-2-1-3-19-9/h1-3,8,10,16-17H,4-7H2. The zero-order chi connectivity index (χ0) is 14.3. The van der Waals surface area contributed by atoms with Gasteiger partial charge in [-0.05, 0) is 12.1 Å². The van der Waals surface area contributed by atoms with E-state index in [1.165, 1.54) is 6.26 Å². The summed E-state index contributed by atoms with van der Waals surface area (Å²) in [6, 6.07) is 3.34. The van der Waals surface area contributed by atoms with Crippen LogP contribution < -0.4 is 5.32 Å². The van der Waals surface area contributed by atoms with E-state index in [0.29, 0.717) is 5.76 Å². The summed E-state index contributed by atoms with van der Waals surface area (Å²) in [5, 5.41) is 11.4. The fourth-order valence-electron chi connectivity index (χ4n) is 1.23. The van der Waals surface area contributed by atoms with Crippen LogP contribution in [0.4, 0.5) is 17.6 Å². The molecule has 1 atom stereocenters. The van der Waals surface area contributed by atoms with Gasteiger partial charge >= 0.3 is 12.3 Å². The minimum atomic E-state index is -4.10. The highest BCUT2D eigenvalue weighted by Gasteiger charge is 2.40. The second-order valence-corrected chi connectivity index (χ2v) is 3.94. The van der Waals surface area contributed by atoms with E-state index >= 15 is 0 Å². The van der Waals surface area contributed by atoms with Crippen molar-refractivity contribution in [2.75, 3.05) is 19.7 Å². The normalized spacial score (nSPS) is 14.0. The minimum absolute atomic E-state index is 0.117. The van der Waals surface area contributed by atoms with Crippen LogP contribution in [0.15, 0.2) is 22.8 Å². The number of aliphatic hydroxyl groups excluding tert-OH is 1. The highest BCUT2D eigenvalue weighted by Crippen LogP contribution is 2.21. The Kier molecular flexibility index (Phi) is 6.26. The van der Waals surface area contributed by atoms with Crippen molar-refractivity contribution in [1.29, 1.82) is 0 Å². The summed E-state index contributed by atoms with van der Waals surface area (Å²) in [4.78, 5) is 0. The molecule has 2 N–H and O–H groups in total. The molecule has 0 aliphatic carbocycles. The van der Waals surface area contributed by atoms with E-state index in [-0.39, 0.29) is 19.8 Å². The van der Waals surface area contributed by atoms with Gasteiger partial charge in [-0.25, -0.2) is 8.78 Å². The van der Waals surface area contributed by atoms with Crippen molar-refractivity contribution in [3.63, 3.8) is 0 Å².